The van der Waals surface area contributed by atoms with Crippen LogP contribution in [0.1, 0.15) is 0 Å². The summed E-state index contributed by atoms with van der Waals surface area (Å²) in [6.45, 7) is 0. The van der Waals surface area contributed by atoms with Gasteiger partial charge in [-0.15, -0.1) is 9.24 Å². The van der Waals surface area contributed by atoms with Gasteiger partial charge in [0, 0.05) is 11.4 Å². The predicted molar refractivity (Wildman–Crippen MR) is 65.5 cm³/mol. The van der Waals surface area contributed by atoms with Gasteiger partial charge >= 0.3 is 0 Å². The van der Waals surface area contributed by atoms with Crippen LogP contribution < -0.4 is 10.6 Å². The maximum absolute atomic E-state index is 3.35. The van der Waals surface area contributed by atoms with Crippen LogP contribution in [0, 0.1) is 0 Å². The first-order valence-corrected chi connectivity index (χ1v) is 5.10. The van der Waals surface area contributed by atoms with E-state index in [1.54, 1.807) is 0 Å². The summed E-state index contributed by atoms with van der Waals surface area (Å²) in [4.78, 5) is 0. The predicted octanol–water partition coefficient (Wildman–Crippen LogP) is 2.93. The summed E-state index contributed by atoms with van der Waals surface area (Å²) in [5, 5.41) is 4.53. The number of nitrogens with one attached hydrogen (secondary N) is 1. The number of hydrogen-bond donors (Lipinski definition) is 1. The second-order valence-electron chi connectivity index (χ2n) is 3.08. The molecule has 0 saturated carbocycles. The van der Waals surface area contributed by atoms with Crippen LogP contribution in [0.3, 0.4) is 0 Å². The van der Waals surface area contributed by atoms with Crippen molar-refractivity contribution in [2.45, 2.75) is 0 Å². The van der Waals surface area contributed by atoms with Crippen LogP contribution in [0.4, 0.5) is 11.4 Å². The number of benzene rings is 2. The molecule has 0 aromatic heterocycles. The molecule has 0 saturated heterocycles. The highest BCUT2D eigenvalue weighted by atomic mass is 31.0. The molecule has 0 amide bonds. The molecule has 1 atom stereocenters. The van der Waals surface area contributed by atoms with Gasteiger partial charge in [0.05, 0.1) is 0 Å². The molecule has 14 heavy (non-hydrogen) atoms. The molecule has 1 N–H and O–H groups in total. The third kappa shape index (κ3) is 2.12. The van der Waals surface area contributed by atoms with E-state index in [4.69, 9.17) is 0 Å². The monoisotopic (exact) mass is 201 g/mol. The van der Waals surface area contributed by atoms with Gasteiger partial charge in [0.25, 0.3) is 0 Å². The van der Waals surface area contributed by atoms with Crippen LogP contribution in [0.2, 0.25) is 0 Å². The van der Waals surface area contributed by atoms with E-state index in [0.29, 0.717) is 0 Å². The van der Waals surface area contributed by atoms with Crippen LogP contribution in [0.5, 0.6) is 0 Å². The van der Waals surface area contributed by atoms with Crippen LogP contribution in [0.15, 0.2) is 54.6 Å². The average molecular weight is 201 g/mol. The molecule has 1 nitrogen and oxygen atoms in total. The zero-order chi connectivity index (χ0) is 9.80. The zero-order valence-corrected chi connectivity index (χ0v) is 8.93. The topological polar surface area (TPSA) is 12.0 Å². The Morgan fingerprint density at radius 1 is 0.786 bits per heavy atom. The van der Waals surface area contributed by atoms with Gasteiger partial charge in [-0.05, 0) is 23.5 Å². The Kier molecular flexibility index (Phi) is 2.81. The zero-order valence-electron chi connectivity index (χ0n) is 7.77. The van der Waals surface area contributed by atoms with Crippen molar-refractivity contribution in [3.05, 3.63) is 54.6 Å². The smallest absolute Gasteiger partial charge is 0.0456 e. The van der Waals surface area contributed by atoms with E-state index >= 15 is 0 Å². The van der Waals surface area contributed by atoms with Crippen molar-refractivity contribution in [2.24, 2.45) is 0 Å². The number of para-hydroxylation sites is 2. The number of rotatable bonds is 2. The Balaban J connectivity index is 2.24. The highest BCUT2D eigenvalue weighted by molar-refractivity contribution is 7.28. The molecule has 70 valence electrons. The van der Waals surface area contributed by atoms with Gasteiger partial charge in [-0.1, -0.05) is 36.4 Å². The minimum Gasteiger partial charge on any atom is -0.355 e. The molecule has 2 aromatic rings. The summed E-state index contributed by atoms with van der Waals surface area (Å²) in [5.74, 6) is 0. The standard InChI is InChI=1S/C12H12NP/c14-12-9-5-4-8-11(12)13-10-6-2-1-3-7-10/h1-9,13H,14H2. The van der Waals surface area contributed by atoms with E-state index in [9.17, 15) is 0 Å². The molecule has 0 radical (unpaired) electrons. The van der Waals surface area contributed by atoms with Gasteiger partial charge in [0.1, 0.15) is 0 Å². The van der Waals surface area contributed by atoms with E-state index in [2.05, 4.69) is 38.8 Å². The minimum atomic E-state index is 1.11. The van der Waals surface area contributed by atoms with Crippen molar-refractivity contribution in [2.75, 3.05) is 5.32 Å². The fourth-order valence-corrected chi connectivity index (χ4v) is 1.57. The Morgan fingerprint density at radius 3 is 2.14 bits per heavy atom. The lowest BCUT2D eigenvalue weighted by Gasteiger charge is -2.08. The van der Waals surface area contributed by atoms with E-state index in [1.165, 1.54) is 5.30 Å². The summed E-state index contributed by atoms with van der Waals surface area (Å²) >= 11 is 0. The van der Waals surface area contributed by atoms with E-state index in [0.717, 1.165) is 11.4 Å². The van der Waals surface area contributed by atoms with E-state index in [1.807, 2.05) is 30.3 Å². The molecule has 0 aliphatic carbocycles. The molecule has 2 heteroatoms. The molecule has 2 aromatic carbocycles. The first-order valence-electron chi connectivity index (χ1n) is 4.53. The van der Waals surface area contributed by atoms with Gasteiger partial charge in [-0.3, -0.25) is 0 Å². The first kappa shape index (κ1) is 9.23. The molecule has 2 rings (SSSR count). The Hall–Kier alpha value is -1.33. The normalized spacial score (nSPS) is 9.79. The summed E-state index contributed by atoms with van der Waals surface area (Å²) in [6.07, 6.45) is 0. The molecule has 0 heterocycles. The second-order valence-corrected chi connectivity index (χ2v) is 3.70. The highest BCUT2D eigenvalue weighted by Crippen LogP contribution is 2.15. The van der Waals surface area contributed by atoms with Gasteiger partial charge in [0.15, 0.2) is 0 Å². The molecular weight excluding hydrogens is 189 g/mol. The molecule has 1 unspecified atom stereocenters. The quantitative estimate of drug-likeness (QED) is 0.736. The van der Waals surface area contributed by atoms with E-state index in [-0.39, 0.29) is 0 Å². The molecule has 0 aliphatic heterocycles. The van der Waals surface area contributed by atoms with Crippen LogP contribution >= 0.6 is 9.24 Å². The Bertz CT molecular complexity index is 412. The average Bonchev–Trinajstić information content (AvgIpc) is 2.23. The van der Waals surface area contributed by atoms with Gasteiger partial charge in [-0.25, -0.2) is 0 Å². The van der Waals surface area contributed by atoms with Gasteiger partial charge in [-0.2, -0.15) is 0 Å². The summed E-state index contributed by atoms with van der Waals surface area (Å²) in [7, 11) is 2.72. The highest BCUT2D eigenvalue weighted by Gasteiger charge is 1.95. The lowest BCUT2D eigenvalue weighted by atomic mass is 10.3. The maximum Gasteiger partial charge on any atom is 0.0456 e. The lowest BCUT2D eigenvalue weighted by Crippen LogP contribution is -2.00. The Morgan fingerprint density at radius 2 is 1.43 bits per heavy atom. The van der Waals surface area contributed by atoms with Crippen molar-refractivity contribution in [3.63, 3.8) is 0 Å². The largest absolute Gasteiger partial charge is 0.355 e. The maximum atomic E-state index is 3.35. The summed E-state index contributed by atoms with van der Waals surface area (Å²) in [6, 6.07) is 18.3. The Labute approximate surface area is 86.4 Å². The molecule has 0 fully saturated rings. The lowest BCUT2D eigenvalue weighted by molar-refractivity contribution is 1.57. The molecule has 0 bridgehead atoms. The SMILES string of the molecule is Pc1ccccc1Nc1ccccc1. The van der Waals surface area contributed by atoms with Crippen molar-refractivity contribution in [3.8, 4) is 0 Å². The van der Waals surface area contributed by atoms with Crippen molar-refractivity contribution >= 4 is 25.9 Å². The van der Waals surface area contributed by atoms with E-state index < -0.39 is 0 Å². The van der Waals surface area contributed by atoms with Gasteiger partial charge < -0.3 is 5.32 Å². The fraction of sp³-hybridized carbons (Fsp3) is 0. The van der Waals surface area contributed by atoms with Crippen molar-refractivity contribution in [1.29, 1.82) is 0 Å². The second kappa shape index (κ2) is 4.26. The van der Waals surface area contributed by atoms with Crippen LogP contribution in [0.25, 0.3) is 0 Å². The van der Waals surface area contributed by atoms with Crippen molar-refractivity contribution in [1.82, 2.24) is 0 Å². The van der Waals surface area contributed by atoms with Crippen LogP contribution in [-0.4, -0.2) is 0 Å². The first-order chi connectivity index (χ1) is 6.86. The summed E-state index contributed by atoms with van der Waals surface area (Å²) < 4.78 is 0. The van der Waals surface area contributed by atoms with Crippen molar-refractivity contribution < 1.29 is 0 Å². The number of anilines is 2. The van der Waals surface area contributed by atoms with Gasteiger partial charge in [0.2, 0.25) is 0 Å². The third-order valence-corrected chi connectivity index (χ3v) is 2.52. The number of hydrogen-bond acceptors (Lipinski definition) is 1. The van der Waals surface area contributed by atoms with Crippen LogP contribution in [-0.2, 0) is 0 Å². The molecule has 0 spiro atoms. The third-order valence-electron chi connectivity index (χ3n) is 2.01. The fourth-order valence-electron chi connectivity index (χ4n) is 1.29. The molecule has 0 aliphatic rings. The minimum absolute atomic E-state index is 1.11. The molecular formula is C12H12NP. The summed E-state index contributed by atoms with van der Waals surface area (Å²) in [5.41, 5.74) is 2.24.